The fourth-order valence-corrected chi connectivity index (χ4v) is 3.18. The van der Waals surface area contributed by atoms with Crippen molar-refractivity contribution in [1.29, 1.82) is 0 Å². The first-order chi connectivity index (χ1) is 6.75. The summed E-state index contributed by atoms with van der Waals surface area (Å²) in [5.41, 5.74) is 0. The smallest absolute Gasteiger partial charge is 0.0267 e. The van der Waals surface area contributed by atoms with Crippen molar-refractivity contribution in [3.63, 3.8) is 0 Å². The molecule has 0 heteroatoms. The van der Waals surface area contributed by atoms with Crippen LogP contribution >= 0.6 is 0 Å². The maximum atomic E-state index is 7.71. The van der Waals surface area contributed by atoms with Gasteiger partial charge in [0.2, 0.25) is 0 Å². The van der Waals surface area contributed by atoms with Crippen LogP contribution in [-0.2, 0) is 0 Å². The van der Waals surface area contributed by atoms with Crippen molar-refractivity contribution in [2.45, 2.75) is 64.7 Å². The summed E-state index contributed by atoms with van der Waals surface area (Å²) in [4.78, 5) is 0. The number of hydrogen-bond acceptors (Lipinski definition) is 0. The van der Waals surface area contributed by atoms with E-state index in [2.05, 4.69) is 6.92 Å². The highest BCUT2D eigenvalue weighted by Gasteiger charge is 2.26. The zero-order valence-corrected chi connectivity index (χ0v) is 8.97. The third-order valence-corrected chi connectivity index (χ3v) is 4.21. The second-order valence-electron chi connectivity index (χ2n) is 5.22. The molecule has 2 aliphatic rings. The van der Waals surface area contributed by atoms with Crippen LogP contribution in [0.4, 0.5) is 0 Å². The topological polar surface area (TPSA) is 0 Å². The minimum Gasteiger partial charge on any atom is -0.0625 e. The van der Waals surface area contributed by atoms with Crippen LogP contribution in [0, 0.1) is 17.8 Å². The summed E-state index contributed by atoms with van der Waals surface area (Å²) in [5, 5.41) is 0. The van der Waals surface area contributed by atoms with Gasteiger partial charge in [-0.3, -0.25) is 0 Å². The first-order valence-electron chi connectivity index (χ1n) is 6.75. The van der Waals surface area contributed by atoms with Gasteiger partial charge in [-0.15, -0.1) is 0 Å². The molecule has 2 saturated carbocycles. The highest BCUT2D eigenvalue weighted by Crippen LogP contribution is 2.39. The second-order valence-corrected chi connectivity index (χ2v) is 5.22. The monoisotopic (exact) mass is 181 g/mol. The molecule has 0 heterocycles. The quantitative estimate of drug-likeness (QED) is 0.562. The molecule has 0 saturated heterocycles. The first-order valence-corrected chi connectivity index (χ1v) is 6.18. The predicted octanol–water partition coefficient (Wildman–Crippen LogP) is 4.39. The number of hydrogen-bond donors (Lipinski definition) is 0. The lowest BCUT2D eigenvalue weighted by molar-refractivity contribution is 0.173. The first kappa shape index (κ1) is 8.32. The largest absolute Gasteiger partial charge is 0.0625 e. The normalized spacial score (nSPS) is 48.5. The molecule has 0 unspecified atom stereocenters. The van der Waals surface area contributed by atoms with E-state index in [4.69, 9.17) is 1.37 Å². The van der Waals surface area contributed by atoms with Gasteiger partial charge in [0, 0.05) is 1.37 Å². The van der Waals surface area contributed by atoms with Crippen LogP contribution in [-0.4, -0.2) is 0 Å². The van der Waals surface area contributed by atoms with Crippen LogP contribution in [0.2, 0.25) is 0 Å². The fourth-order valence-electron chi connectivity index (χ4n) is 3.18. The Kier molecular flexibility index (Phi) is 2.87. The maximum absolute atomic E-state index is 7.71. The molecule has 0 radical (unpaired) electrons. The van der Waals surface area contributed by atoms with Gasteiger partial charge in [-0.2, -0.15) is 0 Å². The molecule has 0 spiro atoms. The third kappa shape index (κ3) is 2.48. The van der Waals surface area contributed by atoms with Crippen LogP contribution in [0.3, 0.4) is 0 Å². The van der Waals surface area contributed by atoms with Gasteiger partial charge in [0.05, 0.1) is 0 Å². The van der Waals surface area contributed by atoms with E-state index in [0.29, 0.717) is 0 Å². The molecule has 2 aliphatic carbocycles. The standard InChI is InChI=1S/C13H24/c1-11-7-9-13(10-8-11)12-5-3-2-4-6-12/h11-13H,2-10H2,1H3/i2D. The van der Waals surface area contributed by atoms with E-state index in [1.165, 1.54) is 51.4 Å². The molecule has 0 aliphatic heterocycles. The summed E-state index contributed by atoms with van der Waals surface area (Å²) in [7, 11) is 0. The second kappa shape index (κ2) is 4.48. The number of rotatable bonds is 1. The zero-order chi connectivity index (χ0) is 9.97. The Labute approximate surface area is 84.5 Å². The van der Waals surface area contributed by atoms with Gasteiger partial charge in [0.1, 0.15) is 0 Å². The van der Waals surface area contributed by atoms with Crippen molar-refractivity contribution in [1.82, 2.24) is 0 Å². The summed E-state index contributed by atoms with van der Waals surface area (Å²) >= 11 is 0. The van der Waals surface area contributed by atoms with Gasteiger partial charge in [-0.05, 0) is 30.6 Å². The molecular formula is C13H24. The average Bonchev–Trinajstić information content (AvgIpc) is 2.21. The van der Waals surface area contributed by atoms with E-state index < -0.39 is 0 Å². The van der Waals surface area contributed by atoms with Crippen LogP contribution < -0.4 is 0 Å². The molecule has 0 aromatic carbocycles. The zero-order valence-electron chi connectivity index (χ0n) is 9.97. The molecule has 0 N–H and O–H groups in total. The lowest BCUT2D eigenvalue weighted by atomic mass is 9.71. The van der Waals surface area contributed by atoms with Gasteiger partial charge in [-0.25, -0.2) is 0 Å². The molecule has 0 nitrogen and oxygen atoms in total. The highest BCUT2D eigenvalue weighted by atomic mass is 14.3. The summed E-state index contributed by atoms with van der Waals surface area (Å²) in [6.07, 6.45) is 11.2. The molecule has 13 heavy (non-hydrogen) atoms. The Bertz CT molecular complexity index is 142. The van der Waals surface area contributed by atoms with Crippen molar-refractivity contribution in [2.24, 2.45) is 17.8 Å². The van der Waals surface area contributed by atoms with E-state index in [0.717, 1.165) is 17.8 Å². The van der Waals surface area contributed by atoms with Crippen LogP contribution in [0.15, 0.2) is 0 Å². The van der Waals surface area contributed by atoms with Gasteiger partial charge in [-0.1, -0.05) is 51.8 Å². The molecular weight excluding hydrogens is 156 g/mol. The van der Waals surface area contributed by atoms with Crippen LogP contribution in [0.5, 0.6) is 0 Å². The Balaban J connectivity index is 1.78. The van der Waals surface area contributed by atoms with Crippen molar-refractivity contribution >= 4 is 0 Å². The average molecular weight is 181 g/mol. The summed E-state index contributed by atoms with van der Waals surface area (Å²) in [5.74, 6) is 3.00. The third-order valence-electron chi connectivity index (χ3n) is 4.21. The minimum absolute atomic E-state index is 0.272. The van der Waals surface area contributed by atoms with E-state index in [9.17, 15) is 0 Å². The molecule has 0 amide bonds. The van der Waals surface area contributed by atoms with Crippen molar-refractivity contribution < 1.29 is 1.37 Å². The Hall–Kier alpha value is 0. The minimum atomic E-state index is 0.272. The van der Waals surface area contributed by atoms with Gasteiger partial charge >= 0.3 is 0 Å². The Morgan fingerprint density at radius 3 is 2.00 bits per heavy atom. The highest BCUT2D eigenvalue weighted by molar-refractivity contribution is 4.78. The van der Waals surface area contributed by atoms with E-state index in [1.807, 2.05) is 0 Å². The van der Waals surface area contributed by atoms with Crippen molar-refractivity contribution in [3.05, 3.63) is 0 Å². The lowest BCUT2D eigenvalue weighted by Gasteiger charge is -2.34. The van der Waals surface area contributed by atoms with Crippen LogP contribution in [0.25, 0.3) is 0 Å². The predicted molar refractivity (Wildman–Crippen MR) is 57.7 cm³/mol. The molecule has 0 aromatic rings. The molecule has 76 valence electrons. The SMILES string of the molecule is [2H]C1CCC(C2CCC(C)CC2)CC1. The Morgan fingerprint density at radius 1 is 0.846 bits per heavy atom. The van der Waals surface area contributed by atoms with Crippen molar-refractivity contribution in [2.75, 3.05) is 0 Å². The Morgan fingerprint density at radius 2 is 1.38 bits per heavy atom. The molecule has 0 atom stereocenters. The molecule has 2 rings (SSSR count). The van der Waals surface area contributed by atoms with Gasteiger partial charge < -0.3 is 0 Å². The molecule has 0 bridgehead atoms. The lowest BCUT2D eigenvalue weighted by Crippen LogP contribution is -2.22. The molecule has 2 fully saturated rings. The summed E-state index contributed by atoms with van der Waals surface area (Å²) < 4.78 is 7.71. The summed E-state index contributed by atoms with van der Waals surface area (Å²) in [6, 6.07) is 0. The maximum Gasteiger partial charge on any atom is 0.0267 e. The van der Waals surface area contributed by atoms with E-state index in [-0.39, 0.29) is 6.40 Å². The fraction of sp³-hybridized carbons (Fsp3) is 1.00. The molecule has 0 aromatic heterocycles. The van der Waals surface area contributed by atoms with E-state index >= 15 is 0 Å². The van der Waals surface area contributed by atoms with Gasteiger partial charge in [0.15, 0.2) is 0 Å². The van der Waals surface area contributed by atoms with Gasteiger partial charge in [0.25, 0.3) is 0 Å². The van der Waals surface area contributed by atoms with Crippen LogP contribution in [0.1, 0.15) is 66.1 Å². The van der Waals surface area contributed by atoms with Crippen molar-refractivity contribution in [3.8, 4) is 0 Å². The summed E-state index contributed by atoms with van der Waals surface area (Å²) in [6.45, 7) is 2.40. The van der Waals surface area contributed by atoms with E-state index in [1.54, 1.807) is 0 Å².